The van der Waals surface area contributed by atoms with Crippen molar-refractivity contribution in [2.75, 3.05) is 6.54 Å². The number of alkyl halides is 1. The zero-order chi connectivity index (χ0) is 11.6. The first-order valence-corrected chi connectivity index (χ1v) is 6.63. The lowest BCUT2D eigenvalue weighted by atomic mass is 10.1. The van der Waals surface area contributed by atoms with Crippen molar-refractivity contribution in [3.63, 3.8) is 0 Å². The van der Waals surface area contributed by atoms with Gasteiger partial charge in [0, 0.05) is 11.9 Å². The highest BCUT2D eigenvalue weighted by molar-refractivity contribution is 7.90. The van der Waals surface area contributed by atoms with Crippen LogP contribution in [0.4, 0.5) is 0 Å². The van der Waals surface area contributed by atoms with E-state index in [4.69, 9.17) is 11.6 Å². The molecule has 0 aliphatic heterocycles. The Balaban J connectivity index is 4.29. The average molecular weight is 242 g/mol. The Hall–Kier alpha value is 0.200. The van der Waals surface area contributed by atoms with Gasteiger partial charge in [0.1, 0.15) is 0 Å². The van der Waals surface area contributed by atoms with Crippen molar-refractivity contribution in [1.82, 2.24) is 4.72 Å². The summed E-state index contributed by atoms with van der Waals surface area (Å²) in [6.07, 6.45) is 0. The van der Waals surface area contributed by atoms with Crippen LogP contribution in [0.15, 0.2) is 0 Å². The Morgan fingerprint density at radius 3 is 2.00 bits per heavy atom. The Kier molecular flexibility index (Phi) is 4.88. The first-order chi connectivity index (χ1) is 6.08. The molecule has 3 nitrogen and oxygen atoms in total. The lowest BCUT2D eigenvalue weighted by Gasteiger charge is -2.21. The molecule has 86 valence electrons. The van der Waals surface area contributed by atoms with Crippen LogP contribution < -0.4 is 4.72 Å². The number of hydrogen-bond donors (Lipinski definition) is 1. The molecule has 0 rings (SSSR count). The molecular formula is C9H20ClNO2S. The van der Waals surface area contributed by atoms with Gasteiger partial charge in [-0.1, -0.05) is 13.8 Å². The van der Waals surface area contributed by atoms with Crippen LogP contribution in [0.2, 0.25) is 0 Å². The van der Waals surface area contributed by atoms with E-state index in [1.165, 1.54) is 0 Å². The normalized spacial score (nSPS) is 15.9. The van der Waals surface area contributed by atoms with Crippen molar-refractivity contribution >= 4 is 21.6 Å². The van der Waals surface area contributed by atoms with Gasteiger partial charge in [-0.25, -0.2) is 13.1 Å². The van der Waals surface area contributed by atoms with E-state index in [2.05, 4.69) is 4.72 Å². The molecule has 1 N–H and O–H groups in total. The van der Waals surface area contributed by atoms with E-state index in [0.29, 0.717) is 6.54 Å². The Labute approximate surface area is 92.3 Å². The molecular weight excluding hydrogens is 222 g/mol. The van der Waals surface area contributed by atoms with Gasteiger partial charge in [0.2, 0.25) is 10.0 Å². The molecule has 0 saturated heterocycles. The molecule has 0 spiro atoms. The van der Waals surface area contributed by atoms with Crippen LogP contribution in [0, 0.1) is 5.92 Å². The highest BCUT2D eigenvalue weighted by Gasteiger charge is 2.29. The van der Waals surface area contributed by atoms with Crippen LogP contribution in [0.3, 0.4) is 0 Å². The molecule has 14 heavy (non-hydrogen) atoms. The number of hydrogen-bond acceptors (Lipinski definition) is 2. The largest absolute Gasteiger partial charge is 0.216 e. The molecule has 0 radical (unpaired) electrons. The van der Waals surface area contributed by atoms with E-state index in [1.807, 2.05) is 13.8 Å². The third-order valence-corrected chi connectivity index (χ3v) is 4.82. The second-order valence-electron chi connectivity index (χ2n) is 4.72. The molecule has 0 aliphatic rings. The Morgan fingerprint density at radius 2 is 1.71 bits per heavy atom. The summed E-state index contributed by atoms with van der Waals surface area (Å²) in [5, 5.41) is -0.160. The number of rotatable bonds is 4. The maximum absolute atomic E-state index is 11.6. The van der Waals surface area contributed by atoms with Crippen LogP contribution in [0.5, 0.6) is 0 Å². The van der Waals surface area contributed by atoms with Gasteiger partial charge in [-0.15, -0.1) is 11.6 Å². The van der Waals surface area contributed by atoms with Crippen LogP contribution in [-0.2, 0) is 10.0 Å². The Morgan fingerprint density at radius 1 is 1.29 bits per heavy atom. The third kappa shape index (κ3) is 4.15. The predicted molar refractivity (Wildman–Crippen MR) is 61.2 cm³/mol. The highest BCUT2D eigenvalue weighted by Crippen LogP contribution is 2.14. The fourth-order valence-corrected chi connectivity index (χ4v) is 1.64. The van der Waals surface area contributed by atoms with Gasteiger partial charge >= 0.3 is 0 Å². The molecule has 0 heterocycles. The zero-order valence-corrected chi connectivity index (χ0v) is 11.0. The molecule has 0 aromatic heterocycles. The molecule has 5 heteroatoms. The van der Waals surface area contributed by atoms with E-state index in [-0.39, 0.29) is 11.3 Å². The molecule has 0 bridgehead atoms. The van der Waals surface area contributed by atoms with Crippen molar-refractivity contribution in [3.05, 3.63) is 0 Å². The average Bonchev–Trinajstić information content (AvgIpc) is 1.97. The molecule has 1 unspecified atom stereocenters. The van der Waals surface area contributed by atoms with Crippen LogP contribution >= 0.6 is 11.6 Å². The smallest absolute Gasteiger partial charge is 0.213 e. The predicted octanol–water partition coefficient (Wildman–Crippen LogP) is 1.97. The lowest BCUT2D eigenvalue weighted by molar-refractivity contribution is 0.530. The minimum Gasteiger partial charge on any atom is -0.213 e. The fraction of sp³-hybridized carbons (Fsp3) is 1.00. The number of halogens is 1. The maximum atomic E-state index is 11.6. The summed E-state index contributed by atoms with van der Waals surface area (Å²) in [6.45, 7) is 9.20. The summed E-state index contributed by atoms with van der Waals surface area (Å²) >= 11 is 5.94. The maximum Gasteiger partial charge on any atom is 0.216 e. The van der Waals surface area contributed by atoms with E-state index in [9.17, 15) is 8.42 Å². The van der Waals surface area contributed by atoms with Crippen LogP contribution in [-0.4, -0.2) is 25.1 Å². The molecule has 0 fully saturated rings. The number of nitrogens with one attached hydrogen (secondary N) is 1. The molecule has 0 saturated carbocycles. The van der Waals surface area contributed by atoms with Gasteiger partial charge in [0.05, 0.1) is 4.75 Å². The van der Waals surface area contributed by atoms with Crippen LogP contribution in [0.25, 0.3) is 0 Å². The SMILES string of the molecule is CC(C)C(Cl)CNS(=O)(=O)C(C)(C)C. The van der Waals surface area contributed by atoms with Gasteiger partial charge in [-0.2, -0.15) is 0 Å². The van der Waals surface area contributed by atoms with Gasteiger partial charge in [-0.3, -0.25) is 0 Å². The van der Waals surface area contributed by atoms with E-state index >= 15 is 0 Å². The molecule has 0 aromatic carbocycles. The summed E-state index contributed by atoms with van der Waals surface area (Å²) < 4.78 is 25.0. The van der Waals surface area contributed by atoms with E-state index in [1.54, 1.807) is 20.8 Å². The van der Waals surface area contributed by atoms with Crippen molar-refractivity contribution in [2.24, 2.45) is 5.92 Å². The van der Waals surface area contributed by atoms with Crippen LogP contribution in [0.1, 0.15) is 34.6 Å². The summed E-state index contributed by atoms with van der Waals surface area (Å²) in [6, 6.07) is 0. The monoisotopic (exact) mass is 241 g/mol. The van der Waals surface area contributed by atoms with E-state index in [0.717, 1.165) is 0 Å². The van der Waals surface area contributed by atoms with Gasteiger partial charge in [-0.05, 0) is 26.7 Å². The summed E-state index contributed by atoms with van der Waals surface area (Å²) in [4.78, 5) is 0. The topological polar surface area (TPSA) is 46.2 Å². The van der Waals surface area contributed by atoms with Gasteiger partial charge in [0.15, 0.2) is 0 Å². The van der Waals surface area contributed by atoms with Crippen molar-refractivity contribution in [3.8, 4) is 0 Å². The van der Waals surface area contributed by atoms with Gasteiger partial charge < -0.3 is 0 Å². The summed E-state index contributed by atoms with van der Waals surface area (Å²) in [5.74, 6) is 0.263. The molecule has 0 amide bonds. The summed E-state index contributed by atoms with van der Waals surface area (Å²) in [7, 11) is -3.26. The first kappa shape index (κ1) is 14.2. The molecule has 0 aliphatic carbocycles. The highest BCUT2D eigenvalue weighted by atomic mass is 35.5. The van der Waals surface area contributed by atoms with Crippen molar-refractivity contribution in [2.45, 2.75) is 44.7 Å². The third-order valence-electron chi connectivity index (χ3n) is 2.00. The minimum atomic E-state index is -3.26. The Bertz CT molecular complexity index is 267. The second-order valence-corrected chi connectivity index (χ2v) is 7.81. The molecule has 0 aromatic rings. The minimum absolute atomic E-state index is 0.160. The fourth-order valence-electron chi connectivity index (χ4n) is 0.642. The van der Waals surface area contributed by atoms with Gasteiger partial charge in [0.25, 0.3) is 0 Å². The van der Waals surface area contributed by atoms with Crippen molar-refractivity contribution < 1.29 is 8.42 Å². The standard InChI is InChI=1S/C9H20ClNO2S/c1-7(2)8(10)6-11-14(12,13)9(3,4)5/h7-8,11H,6H2,1-5H3. The lowest BCUT2D eigenvalue weighted by Crippen LogP contribution is -2.42. The van der Waals surface area contributed by atoms with Crippen molar-refractivity contribution in [1.29, 1.82) is 0 Å². The summed E-state index contributed by atoms with van der Waals surface area (Å²) in [5.41, 5.74) is 0. The molecule has 1 atom stereocenters. The zero-order valence-electron chi connectivity index (χ0n) is 9.46. The van der Waals surface area contributed by atoms with E-state index < -0.39 is 14.8 Å². The first-order valence-electron chi connectivity index (χ1n) is 4.71. The second kappa shape index (κ2) is 4.81. The number of sulfonamides is 1. The quantitative estimate of drug-likeness (QED) is 0.765.